The molecule has 0 amide bonds. The number of carbonyl (C=O) groups excluding carboxylic acids is 2. The van der Waals surface area contributed by atoms with Crippen LogP contribution in [0.2, 0.25) is 0 Å². The molecule has 2 aromatic rings. The third kappa shape index (κ3) is 10.5. The van der Waals surface area contributed by atoms with Gasteiger partial charge in [-0.3, -0.25) is 0 Å². The van der Waals surface area contributed by atoms with Crippen LogP contribution in [0.5, 0.6) is 0 Å². The minimum atomic E-state index is -1.87. The van der Waals surface area contributed by atoms with Crippen LogP contribution in [0.4, 0.5) is 0 Å². The molecule has 16 heteroatoms. The van der Waals surface area contributed by atoms with Crippen LogP contribution in [0.3, 0.4) is 0 Å². The van der Waals surface area contributed by atoms with Crippen LogP contribution in [-0.2, 0) is 42.7 Å². The number of esters is 2. The Labute approximate surface area is 295 Å². The van der Waals surface area contributed by atoms with Gasteiger partial charge in [0, 0.05) is 25.2 Å². The van der Waals surface area contributed by atoms with E-state index in [0.717, 1.165) is 12.8 Å². The van der Waals surface area contributed by atoms with E-state index in [0.29, 0.717) is 12.8 Å². The first-order valence-electron chi connectivity index (χ1n) is 16.9. The Bertz CT molecular complexity index is 1440. The quantitative estimate of drug-likeness (QED) is 0.0734. The zero-order chi connectivity index (χ0) is 36.8. The minimum absolute atomic E-state index is 0.0957. The zero-order valence-electron chi connectivity index (χ0n) is 28.7. The summed E-state index contributed by atoms with van der Waals surface area (Å²) in [6.07, 6.45) is -10.5. The van der Waals surface area contributed by atoms with E-state index in [9.17, 15) is 30.1 Å². The highest BCUT2D eigenvalue weighted by atomic mass is 16.8. The Hall–Kier alpha value is -4.12. The van der Waals surface area contributed by atoms with Crippen LogP contribution < -0.4 is 0 Å². The van der Waals surface area contributed by atoms with Gasteiger partial charge in [0.15, 0.2) is 24.8 Å². The maximum absolute atomic E-state index is 13.4. The number of aliphatic hydroxyl groups is 1. The normalized spacial score (nSPS) is 29.0. The second-order valence-corrected chi connectivity index (χ2v) is 11.9. The van der Waals surface area contributed by atoms with Crippen molar-refractivity contribution in [2.24, 2.45) is 5.11 Å². The van der Waals surface area contributed by atoms with Gasteiger partial charge >= 0.3 is 17.9 Å². The lowest BCUT2D eigenvalue weighted by Gasteiger charge is -2.48. The molecule has 2 aliphatic heterocycles. The molecular formula is C35H45N3O13. The summed E-state index contributed by atoms with van der Waals surface area (Å²) in [5, 5.41) is 25.1. The van der Waals surface area contributed by atoms with Crippen LogP contribution in [0.25, 0.3) is 10.4 Å². The van der Waals surface area contributed by atoms with E-state index in [4.69, 9.17) is 37.9 Å². The molecule has 0 aliphatic carbocycles. The van der Waals surface area contributed by atoms with Gasteiger partial charge in [-0.2, -0.15) is 0 Å². The summed E-state index contributed by atoms with van der Waals surface area (Å²) in [6, 6.07) is 15.1. The fourth-order valence-electron chi connectivity index (χ4n) is 5.68. The van der Waals surface area contributed by atoms with Crippen molar-refractivity contribution in [2.45, 2.75) is 101 Å². The summed E-state index contributed by atoms with van der Waals surface area (Å²) in [5.74, 6) is -3.02. The van der Waals surface area contributed by atoms with E-state index in [-0.39, 0.29) is 24.3 Å². The second-order valence-electron chi connectivity index (χ2n) is 11.9. The number of rotatable bonds is 18. The second kappa shape index (κ2) is 20.1. The first-order valence-corrected chi connectivity index (χ1v) is 16.9. The fraction of sp³-hybridized carbons (Fsp3) is 0.571. The van der Waals surface area contributed by atoms with E-state index >= 15 is 0 Å². The predicted octanol–water partition coefficient (Wildman–Crippen LogP) is 4.05. The number of hydrogen-bond acceptors (Lipinski definition) is 13. The first kappa shape index (κ1) is 39.7. The maximum atomic E-state index is 13.4. The van der Waals surface area contributed by atoms with Gasteiger partial charge < -0.3 is 48.1 Å². The van der Waals surface area contributed by atoms with Gasteiger partial charge in [-0.1, -0.05) is 68.2 Å². The highest BCUT2D eigenvalue weighted by Gasteiger charge is 2.55. The number of nitrogens with zero attached hydrogens (tertiary/aromatic N) is 3. The number of aliphatic hydroxyl groups excluding tert-OH is 1. The lowest BCUT2D eigenvalue weighted by molar-refractivity contribution is -0.345. The SMILES string of the molecule is CCCCOC1[C@H](O[C@@H]2OC(C(=O)O)[C@@H](O)C(OCCCC)[C@@H]2OC(=O)c2ccccc2)C(COC(=O)c2ccccc2)O[C@H](OC)[C@H]1N=[N+]=[N-]. The molecule has 10 atom stereocenters. The molecule has 16 nitrogen and oxygen atoms in total. The van der Waals surface area contributed by atoms with Crippen molar-refractivity contribution in [3.63, 3.8) is 0 Å². The van der Waals surface area contributed by atoms with Gasteiger partial charge in [-0.25, -0.2) is 14.4 Å². The van der Waals surface area contributed by atoms with Crippen LogP contribution >= 0.6 is 0 Å². The Morgan fingerprint density at radius 2 is 1.41 bits per heavy atom. The third-order valence-corrected chi connectivity index (χ3v) is 8.34. The zero-order valence-corrected chi connectivity index (χ0v) is 28.7. The van der Waals surface area contributed by atoms with Gasteiger partial charge in [0.2, 0.25) is 0 Å². The van der Waals surface area contributed by atoms with E-state index in [1.165, 1.54) is 19.2 Å². The highest BCUT2D eigenvalue weighted by Crippen LogP contribution is 2.35. The molecule has 2 heterocycles. The fourth-order valence-corrected chi connectivity index (χ4v) is 5.68. The molecule has 0 bridgehead atoms. The van der Waals surface area contributed by atoms with E-state index in [2.05, 4.69) is 10.0 Å². The Morgan fingerprint density at radius 1 is 0.824 bits per heavy atom. The smallest absolute Gasteiger partial charge is 0.338 e. The van der Waals surface area contributed by atoms with Crippen molar-refractivity contribution in [1.82, 2.24) is 0 Å². The van der Waals surface area contributed by atoms with Crippen molar-refractivity contribution in [1.29, 1.82) is 0 Å². The number of benzene rings is 2. The van der Waals surface area contributed by atoms with Crippen molar-refractivity contribution in [2.75, 3.05) is 26.9 Å². The topological polar surface area (TPSA) is 214 Å². The number of carboxylic acid groups (broad SMARTS) is 1. The van der Waals surface area contributed by atoms with Crippen LogP contribution in [0.1, 0.15) is 60.2 Å². The average Bonchev–Trinajstić information content (AvgIpc) is 3.14. The number of methoxy groups -OCH3 is 1. The first-order chi connectivity index (χ1) is 24.7. The van der Waals surface area contributed by atoms with Crippen LogP contribution in [0, 0.1) is 0 Å². The molecule has 0 saturated carbocycles. The van der Waals surface area contributed by atoms with Gasteiger partial charge in [0.05, 0.1) is 17.2 Å². The summed E-state index contributed by atoms with van der Waals surface area (Å²) in [5.41, 5.74) is 9.93. The molecule has 4 rings (SSSR count). The molecule has 278 valence electrons. The number of aliphatic carboxylic acids is 1. The number of unbranched alkanes of at least 4 members (excludes halogenated alkanes) is 2. The highest BCUT2D eigenvalue weighted by molar-refractivity contribution is 5.89. The van der Waals surface area contributed by atoms with E-state index in [1.807, 2.05) is 13.8 Å². The lowest BCUT2D eigenvalue weighted by Crippen LogP contribution is -2.66. The molecular weight excluding hydrogens is 670 g/mol. The Balaban J connectivity index is 1.75. The monoisotopic (exact) mass is 715 g/mol. The predicted molar refractivity (Wildman–Crippen MR) is 177 cm³/mol. The summed E-state index contributed by atoms with van der Waals surface area (Å²) < 4.78 is 47.7. The number of carbonyl (C=O) groups is 3. The van der Waals surface area contributed by atoms with Gasteiger partial charge in [-0.05, 0) is 42.6 Å². The molecule has 0 radical (unpaired) electrons. The molecule has 4 unspecified atom stereocenters. The number of carboxylic acids is 1. The number of hydrogen-bond donors (Lipinski definition) is 2. The molecule has 51 heavy (non-hydrogen) atoms. The minimum Gasteiger partial charge on any atom is -0.479 e. The third-order valence-electron chi connectivity index (χ3n) is 8.34. The number of ether oxygens (including phenoxy) is 8. The van der Waals surface area contributed by atoms with Gasteiger partial charge in [0.25, 0.3) is 0 Å². The summed E-state index contributed by atoms with van der Waals surface area (Å²) in [4.78, 5) is 41.7. The molecule has 2 aliphatic rings. The molecule has 2 fully saturated rings. The van der Waals surface area contributed by atoms with Crippen LogP contribution in [-0.4, -0.2) is 116 Å². The van der Waals surface area contributed by atoms with E-state index in [1.54, 1.807) is 48.5 Å². The molecule has 2 aromatic carbocycles. The molecule has 0 aromatic heterocycles. The largest absolute Gasteiger partial charge is 0.479 e. The van der Waals surface area contributed by atoms with Crippen molar-refractivity contribution >= 4 is 17.9 Å². The Kier molecular flexibility index (Phi) is 15.6. The summed E-state index contributed by atoms with van der Waals surface area (Å²) in [7, 11) is 1.34. The summed E-state index contributed by atoms with van der Waals surface area (Å²) >= 11 is 0. The van der Waals surface area contributed by atoms with Gasteiger partial charge in [-0.15, -0.1) is 0 Å². The maximum Gasteiger partial charge on any atom is 0.338 e. The van der Waals surface area contributed by atoms with Crippen molar-refractivity contribution in [3.8, 4) is 0 Å². The summed E-state index contributed by atoms with van der Waals surface area (Å²) in [6.45, 7) is 3.73. The molecule has 0 spiro atoms. The van der Waals surface area contributed by atoms with Crippen molar-refractivity contribution in [3.05, 3.63) is 82.2 Å². The van der Waals surface area contributed by atoms with Crippen LogP contribution in [0.15, 0.2) is 65.8 Å². The Morgan fingerprint density at radius 3 is 1.96 bits per heavy atom. The van der Waals surface area contributed by atoms with Gasteiger partial charge in [0.1, 0.15) is 37.1 Å². The molecule has 2 N–H and O–H groups in total. The lowest BCUT2D eigenvalue weighted by atomic mass is 9.95. The van der Waals surface area contributed by atoms with Crippen molar-refractivity contribution < 1.29 is 62.5 Å². The standard InChI is InChI=1S/C35H45N3O13/c1-4-6-18-45-27-24(37-38-36)34(44-3)48-23(20-47-32(42)21-14-10-8-11-15-21)26(27)50-35-30(49-33(43)22-16-12-9-13-17-22)28(46-19-7-5-2)25(39)29(51-35)31(40)41/h8-17,23-30,34-35,39H,4-7,18-20H2,1-3H3,(H,40,41)/t23?,24-,25-,26+,27?,28?,29?,30-,34-,35+/m0/s1. The van der Waals surface area contributed by atoms with E-state index < -0.39 is 85.9 Å². The molecule has 2 saturated heterocycles. The number of azide groups is 1. The average molecular weight is 716 g/mol.